The van der Waals surface area contributed by atoms with Crippen LogP contribution in [0.1, 0.15) is 24.1 Å². The Morgan fingerprint density at radius 1 is 1.00 bits per heavy atom. The van der Waals surface area contributed by atoms with Crippen molar-refractivity contribution in [3.05, 3.63) is 88.3 Å². The van der Waals surface area contributed by atoms with E-state index >= 15 is 0 Å². The lowest BCUT2D eigenvalue weighted by atomic mass is 10.0. The predicted octanol–water partition coefficient (Wildman–Crippen LogP) is 4.81. The van der Waals surface area contributed by atoms with E-state index in [1.807, 2.05) is 24.3 Å². The van der Waals surface area contributed by atoms with Crippen LogP contribution >= 0.6 is 0 Å². The topological polar surface area (TPSA) is 51.5 Å². The molecule has 1 unspecified atom stereocenters. The molecule has 0 saturated heterocycles. The van der Waals surface area contributed by atoms with Crippen LogP contribution in [0.25, 0.3) is 21.7 Å². The van der Waals surface area contributed by atoms with Crippen LogP contribution in [0, 0.1) is 0 Å². The molecular weight excluding hydrogens is 338 g/mol. The largest absolute Gasteiger partial charge is 0.497 e. The number of fused-ring (bicyclic) bond motifs is 2. The molecule has 0 aliphatic heterocycles. The summed E-state index contributed by atoms with van der Waals surface area (Å²) >= 11 is 0. The molecule has 0 amide bonds. The Morgan fingerprint density at radius 3 is 2.63 bits per heavy atom. The van der Waals surface area contributed by atoms with Crippen molar-refractivity contribution in [3.63, 3.8) is 0 Å². The molecule has 3 aromatic carbocycles. The van der Waals surface area contributed by atoms with E-state index in [0.29, 0.717) is 17.9 Å². The van der Waals surface area contributed by atoms with Gasteiger partial charge in [0.05, 0.1) is 7.11 Å². The third-order valence-corrected chi connectivity index (χ3v) is 4.91. The Balaban J connectivity index is 1.59. The zero-order chi connectivity index (χ0) is 18.8. The van der Waals surface area contributed by atoms with E-state index in [9.17, 15) is 4.79 Å². The van der Waals surface area contributed by atoms with Crippen molar-refractivity contribution in [1.82, 2.24) is 5.32 Å². The summed E-state index contributed by atoms with van der Waals surface area (Å²) in [6.07, 6.45) is 0. The van der Waals surface area contributed by atoms with Crippen LogP contribution in [0.3, 0.4) is 0 Å². The summed E-state index contributed by atoms with van der Waals surface area (Å²) in [5, 5.41) is 6.88. The molecule has 1 heterocycles. The number of hydrogen-bond donors (Lipinski definition) is 1. The number of benzene rings is 3. The zero-order valence-corrected chi connectivity index (χ0v) is 15.4. The summed E-state index contributed by atoms with van der Waals surface area (Å²) in [6, 6.07) is 22.1. The highest BCUT2D eigenvalue weighted by atomic mass is 16.5. The Labute approximate surface area is 157 Å². The van der Waals surface area contributed by atoms with Crippen LogP contribution in [0.5, 0.6) is 5.75 Å². The van der Waals surface area contributed by atoms with Crippen molar-refractivity contribution in [2.75, 3.05) is 7.11 Å². The van der Waals surface area contributed by atoms with E-state index in [1.165, 1.54) is 16.3 Å². The van der Waals surface area contributed by atoms with E-state index in [2.05, 4.69) is 42.6 Å². The summed E-state index contributed by atoms with van der Waals surface area (Å²) in [5.41, 5.74) is 2.31. The van der Waals surface area contributed by atoms with Crippen LogP contribution in [0.4, 0.5) is 0 Å². The molecule has 1 N–H and O–H groups in total. The van der Waals surface area contributed by atoms with Crippen LogP contribution in [0.15, 0.2) is 75.9 Å². The first kappa shape index (κ1) is 17.3. The molecule has 27 heavy (non-hydrogen) atoms. The maximum absolute atomic E-state index is 11.9. The molecule has 4 aromatic rings. The summed E-state index contributed by atoms with van der Waals surface area (Å²) in [6.45, 7) is 2.70. The molecule has 0 saturated carbocycles. The fraction of sp³-hybridized carbons (Fsp3) is 0.174. The van der Waals surface area contributed by atoms with Crippen molar-refractivity contribution in [3.8, 4) is 5.75 Å². The molecule has 4 nitrogen and oxygen atoms in total. The molecule has 0 fully saturated rings. The molecule has 1 atom stereocenters. The van der Waals surface area contributed by atoms with Gasteiger partial charge < -0.3 is 14.5 Å². The molecule has 1 aromatic heterocycles. The quantitative estimate of drug-likeness (QED) is 0.520. The fourth-order valence-corrected chi connectivity index (χ4v) is 3.34. The smallest absolute Gasteiger partial charge is 0.336 e. The second-order valence-corrected chi connectivity index (χ2v) is 6.66. The third kappa shape index (κ3) is 3.57. The van der Waals surface area contributed by atoms with Gasteiger partial charge in [-0.2, -0.15) is 0 Å². The molecule has 0 spiro atoms. The van der Waals surface area contributed by atoms with Gasteiger partial charge in [-0.05, 0) is 47.0 Å². The minimum atomic E-state index is -0.356. The second kappa shape index (κ2) is 7.25. The number of nitrogens with one attached hydrogen (secondary N) is 1. The summed E-state index contributed by atoms with van der Waals surface area (Å²) in [7, 11) is 1.59. The van der Waals surface area contributed by atoms with E-state index < -0.39 is 0 Å². The maximum Gasteiger partial charge on any atom is 0.336 e. The van der Waals surface area contributed by atoms with Gasteiger partial charge in [-0.1, -0.05) is 36.4 Å². The average molecular weight is 359 g/mol. The van der Waals surface area contributed by atoms with Gasteiger partial charge in [0, 0.05) is 30.1 Å². The van der Waals surface area contributed by atoms with Crippen molar-refractivity contribution >= 4 is 21.7 Å². The highest BCUT2D eigenvalue weighted by Crippen LogP contribution is 2.24. The molecule has 0 bridgehead atoms. The molecule has 4 heteroatoms. The van der Waals surface area contributed by atoms with Crippen LogP contribution < -0.4 is 15.7 Å². The Morgan fingerprint density at radius 2 is 1.81 bits per heavy atom. The Bertz CT molecular complexity index is 1160. The molecule has 0 radical (unpaired) electrons. The van der Waals surface area contributed by atoms with Gasteiger partial charge in [-0.3, -0.25) is 0 Å². The standard InChI is InChI=1S/C23H21NO3/c1-15(17-8-7-16-5-3-4-6-18(16)11-17)24-14-19-12-23(25)27-22-13-20(26-2)9-10-21(19)22/h3-13,15,24H,14H2,1-2H3. The van der Waals surface area contributed by atoms with Gasteiger partial charge >= 0.3 is 5.63 Å². The van der Waals surface area contributed by atoms with Crippen LogP contribution in [0.2, 0.25) is 0 Å². The summed E-state index contributed by atoms with van der Waals surface area (Å²) in [4.78, 5) is 11.9. The van der Waals surface area contributed by atoms with Crippen molar-refractivity contribution in [2.24, 2.45) is 0 Å². The minimum Gasteiger partial charge on any atom is -0.497 e. The van der Waals surface area contributed by atoms with E-state index in [0.717, 1.165) is 10.9 Å². The SMILES string of the molecule is COc1ccc2c(CNC(C)c3ccc4ccccc4c3)cc(=O)oc2c1. The monoisotopic (exact) mass is 359 g/mol. The van der Waals surface area contributed by atoms with Gasteiger partial charge in [-0.25, -0.2) is 4.79 Å². The number of hydrogen-bond acceptors (Lipinski definition) is 4. The number of rotatable bonds is 5. The number of ether oxygens (including phenoxy) is 1. The molecule has 4 rings (SSSR count). The normalized spacial score (nSPS) is 12.4. The van der Waals surface area contributed by atoms with Crippen LogP contribution in [-0.2, 0) is 6.54 Å². The summed E-state index contributed by atoms with van der Waals surface area (Å²) < 4.78 is 10.5. The lowest BCUT2D eigenvalue weighted by molar-refractivity contribution is 0.414. The first-order valence-corrected chi connectivity index (χ1v) is 8.97. The molecule has 0 aliphatic carbocycles. The van der Waals surface area contributed by atoms with Gasteiger partial charge in [0.1, 0.15) is 11.3 Å². The average Bonchev–Trinajstić information content (AvgIpc) is 2.70. The second-order valence-electron chi connectivity index (χ2n) is 6.66. The highest BCUT2D eigenvalue weighted by molar-refractivity contribution is 5.83. The summed E-state index contributed by atoms with van der Waals surface area (Å²) in [5.74, 6) is 0.667. The minimum absolute atomic E-state index is 0.148. The molecule has 0 aliphatic rings. The third-order valence-electron chi connectivity index (χ3n) is 4.91. The predicted molar refractivity (Wildman–Crippen MR) is 108 cm³/mol. The molecular formula is C23H21NO3. The van der Waals surface area contributed by atoms with Crippen LogP contribution in [-0.4, -0.2) is 7.11 Å². The van der Waals surface area contributed by atoms with Crippen molar-refractivity contribution in [2.45, 2.75) is 19.5 Å². The van der Waals surface area contributed by atoms with E-state index in [-0.39, 0.29) is 11.7 Å². The van der Waals surface area contributed by atoms with Gasteiger partial charge in [-0.15, -0.1) is 0 Å². The van der Waals surface area contributed by atoms with Crippen molar-refractivity contribution < 1.29 is 9.15 Å². The number of methoxy groups -OCH3 is 1. The van der Waals surface area contributed by atoms with Gasteiger partial charge in [0.2, 0.25) is 0 Å². The molecule has 136 valence electrons. The first-order chi connectivity index (χ1) is 13.1. The lowest BCUT2D eigenvalue weighted by Gasteiger charge is -2.16. The Kier molecular flexibility index (Phi) is 4.65. The lowest BCUT2D eigenvalue weighted by Crippen LogP contribution is -2.19. The first-order valence-electron chi connectivity index (χ1n) is 8.97. The van der Waals surface area contributed by atoms with E-state index in [1.54, 1.807) is 19.2 Å². The fourth-order valence-electron chi connectivity index (χ4n) is 3.34. The van der Waals surface area contributed by atoms with Gasteiger partial charge in [0.15, 0.2) is 0 Å². The highest BCUT2D eigenvalue weighted by Gasteiger charge is 2.10. The van der Waals surface area contributed by atoms with Gasteiger partial charge in [0.25, 0.3) is 0 Å². The van der Waals surface area contributed by atoms with E-state index in [4.69, 9.17) is 9.15 Å². The maximum atomic E-state index is 11.9. The zero-order valence-electron chi connectivity index (χ0n) is 15.4. The van der Waals surface area contributed by atoms with Crippen molar-refractivity contribution in [1.29, 1.82) is 0 Å². The Hall–Kier alpha value is -3.11.